The van der Waals surface area contributed by atoms with E-state index in [0.29, 0.717) is 9.63 Å². The van der Waals surface area contributed by atoms with Crippen LogP contribution >= 0.6 is 39.5 Å². The molecule has 0 bridgehead atoms. The summed E-state index contributed by atoms with van der Waals surface area (Å²) in [5.74, 6) is 1.82. The van der Waals surface area contributed by atoms with Crippen molar-refractivity contribution >= 4 is 51.0 Å². The van der Waals surface area contributed by atoms with Gasteiger partial charge in [0.1, 0.15) is 11.6 Å². The Kier molecular flexibility index (Phi) is 7.74. The lowest BCUT2D eigenvalue weighted by molar-refractivity contribution is -0.113. The molecule has 0 saturated carbocycles. The van der Waals surface area contributed by atoms with Crippen LogP contribution in [0.2, 0.25) is 0 Å². The first-order valence-electron chi connectivity index (χ1n) is 8.81. The van der Waals surface area contributed by atoms with Crippen molar-refractivity contribution in [1.29, 1.82) is 0 Å². The molecule has 29 heavy (non-hydrogen) atoms. The molecule has 1 amide bonds. The molecular weight excluding hydrogens is 475 g/mol. The summed E-state index contributed by atoms with van der Waals surface area (Å²) in [5.41, 5.74) is 2.68. The van der Waals surface area contributed by atoms with Crippen LogP contribution in [0.25, 0.3) is 0 Å². The second-order valence-corrected chi connectivity index (χ2v) is 9.24. The van der Waals surface area contributed by atoms with Gasteiger partial charge in [0.15, 0.2) is 5.16 Å². The van der Waals surface area contributed by atoms with E-state index in [1.165, 1.54) is 35.0 Å². The Bertz CT molecular complexity index is 995. The molecule has 0 saturated heterocycles. The molecule has 5 nitrogen and oxygen atoms in total. The van der Waals surface area contributed by atoms with Gasteiger partial charge in [-0.2, -0.15) is 0 Å². The largest absolute Gasteiger partial charge is 0.323 e. The van der Waals surface area contributed by atoms with Gasteiger partial charge in [-0.05, 0) is 30.7 Å². The SMILES string of the molecule is Cc1ccc(CSCc2nnc(SCC(=O)Nc3ccc(Br)cc3F)n2C)cc1. The lowest BCUT2D eigenvalue weighted by Gasteiger charge is -2.07. The summed E-state index contributed by atoms with van der Waals surface area (Å²) in [7, 11) is 1.89. The Morgan fingerprint density at radius 1 is 1.17 bits per heavy atom. The number of amides is 1. The van der Waals surface area contributed by atoms with Gasteiger partial charge in [0.05, 0.1) is 17.2 Å². The van der Waals surface area contributed by atoms with Gasteiger partial charge >= 0.3 is 0 Å². The molecule has 0 aliphatic rings. The fourth-order valence-corrected chi connectivity index (χ4v) is 4.48. The molecule has 3 aromatic rings. The van der Waals surface area contributed by atoms with Crippen LogP contribution in [0.3, 0.4) is 0 Å². The number of nitrogens with one attached hydrogen (secondary N) is 1. The maximum atomic E-state index is 13.8. The molecule has 1 N–H and O–H groups in total. The number of thioether (sulfide) groups is 2. The van der Waals surface area contributed by atoms with Crippen LogP contribution in [0.4, 0.5) is 10.1 Å². The van der Waals surface area contributed by atoms with Crippen molar-refractivity contribution in [3.63, 3.8) is 0 Å². The number of carbonyl (C=O) groups excluding carboxylic acids is 1. The average Bonchev–Trinajstić information content (AvgIpc) is 3.04. The molecular formula is C20H20BrFN4OS2. The molecule has 152 valence electrons. The normalized spacial score (nSPS) is 10.9. The molecule has 9 heteroatoms. The van der Waals surface area contributed by atoms with Crippen LogP contribution in [0, 0.1) is 12.7 Å². The number of benzene rings is 2. The van der Waals surface area contributed by atoms with Crippen LogP contribution < -0.4 is 5.32 Å². The minimum atomic E-state index is -0.482. The Balaban J connectivity index is 1.48. The third-order valence-corrected chi connectivity index (χ3v) is 6.60. The number of halogens is 2. The summed E-state index contributed by atoms with van der Waals surface area (Å²) in [5, 5.41) is 11.6. The predicted molar refractivity (Wildman–Crippen MR) is 121 cm³/mol. The Labute approximate surface area is 186 Å². The monoisotopic (exact) mass is 494 g/mol. The van der Waals surface area contributed by atoms with Crippen LogP contribution in [-0.2, 0) is 23.3 Å². The van der Waals surface area contributed by atoms with Gasteiger partial charge in [-0.15, -0.1) is 22.0 Å². The van der Waals surface area contributed by atoms with E-state index in [9.17, 15) is 9.18 Å². The number of rotatable bonds is 8. The lowest BCUT2D eigenvalue weighted by atomic mass is 10.2. The molecule has 0 atom stereocenters. The molecule has 0 unspecified atom stereocenters. The van der Waals surface area contributed by atoms with Gasteiger partial charge in [0, 0.05) is 17.3 Å². The molecule has 2 aromatic carbocycles. The van der Waals surface area contributed by atoms with Crippen molar-refractivity contribution in [1.82, 2.24) is 14.8 Å². The molecule has 1 aromatic heterocycles. The van der Waals surface area contributed by atoms with Crippen LogP contribution in [0.1, 0.15) is 17.0 Å². The number of anilines is 1. The zero-order valence-corrected chi connectivity index (χ0v) is 19.2. The first kappa shape index (κ1) is 21.9. The average molecular weight is 495 g/mol. The van der Waals surface area contributed by atoms with E-state index in [4.69, 9.17) is 0 Å². The number of hydrogen-bond donors (Lipinski definition) is 1. The first-order valence-corrected chi connectivity index (χ1v) is 11.7. The topological polar surface area (TPSA) is 59.8 Å². The summed E-state index contributed by atoms with van der Waals surface area (Å²) in [4.78, 5) is 12.1. The highest BCUT2D eigenvalue weighted by Crippen LogP contribution is 2.22. The van der Waals surface area contributed by atoms with Crippen molar-refractivity contribution in [2.24, 2.45) is 7.05 Å². The third kappa shape index (κ3) is 6.32. The maximum absolute atomic E-state index is 13.8. The van der Waals surface area contributed by atoms with E-state index in [1.807, 2.05) is 11.6 Å². The van der Waals surface area contributed by atoms with Gasteiger partial charge in [-0.3, -0.25) is 4.79 Å². The summed E-state index contributed by atoms with van der Waals surface area (Å²) in [6.45, 7) is 2.07. The van der Waals surface area contributed by atoms with E-state index in [0.717, 1.165) is 17.3 Å². The standard InChI is InChI=1S/C20H20BrFN4OS2/c1-13-3-5-14(6-4-13)10-28-11-18-24-25-20(26(18)2)29-12-19(27)23-17-8-7-15(21)9-16(17)22/h3-9H,10-12H2,1-2H3,(H,23,27). The highest BCUT2D eigenvalue weighted by atomic mass is 79.9. The van der Waals surface area contributed by atoms with E-state index < -0.39 is 5.82 Å². The van der Waals surface area contributed by atoms with Gasteiger partial charge in [-0.25, -0.2) is 4.39 Å². The predicted octanol–water partition coefficient (Wildman–Crippen LogP) is 5.19. The number of hydrogen-bond acceptors (Lipinski definition) is 5. The second-order valence-electron chi connectivity index (χ2n) is 6.40. The molecule has 0 aliphatic carbocycles. The van der Waals surface area contributed by atoms with Gasteiger partial charge in [-0.1, -0.05) is 57.5 Å². The van der Waals surface area contributed by atoms with Crippen LogP contribution in [0.5, 0.6) is 0 Å². The number of nitrogens with zero attached hydrogens (tertiary/aromatic N) is 3. The maximum Gasteiger partial charge on any atom is 0.234 e. The third-order valence-electron chi connectivity index (χ3n) is 4.08. The molecule has 0 radical (unpaired) electrons. The zero-order valence-electron chi connectivity index (χ0n) is 16.0. The highest BCUT2D eigenvalue weighted by Gasteiger charge is 2.13. The second kappa shape index (κ2) is 10.3. The van der Waals surface area contributed by atoms with Gasteiger partial charge in [0.2, 0.25) is 5.91 Å². The molecule has 1 heterocycles. The molecule has 0 aliphatic heterocycles. The quantitative estimate of drug-likeness (QED) is 0.436. The Hall–Kier alpha value is -1.84. The summed E-state index contributed by atoms with van der Waals surface area (Å²) in [6.07, 6.45) is 0. The fraction of sp³-hybridized carbons (Fsp3) is 0.250. The van der Waals surface area contributed by atoms with Crippen LogP contribution in [-0.4, -0.2) is 26.4 Å². The van der Waals surface area contributed by atoms with Crippen molar-refractivity contribution < 1.29 is 9.18 Å². The summed E-state index contributed by atoms with van der Waals surface area (Å²) < 4.78 is 16.3. The summed E-state index contributed by atoms with van der Waals surface area (Å²) >= 11 is 6.23. The van der Waals surface area contributed by atoms with Crippen molar-refractivity contribution in [2.45, 2.75) is 23.6 Å². The van der Waals surface area contributed by atoms with Crippen LogP contribution in [0.15, 0.2) is 52.1 Å². The summed E-state index contributed by atoms with van der Waals surface area (Å²) in [6, 6.07) is 13.0. The van der Waals surface area contributed by atoms with Crippen molar-refractivity contribution in [3.05, 3.63) is 69.7 Å². The van der Waals surface area contributed by atoms with E-state index in [-0.39, 0.29) is 17.3 Å². The molecule has 3 rings (SSSR count). The minimum absolute atomic E-state index is 0.123. The van der Waals surface area contributed by atoms with Gasteiger partial charge < -0.3 is 9.88 Å². The molecule has 0 fully saturated rings. The smallest absolute Gasteiger partial charge is 0.234 e. The molecule has 0 spiro atoms. The van der Waals surface area contributed by atoms with E-state index in [2.05, 4.69) is 62.6 Å². The number of carbonyl (C=O) groups is 1. The Morgan fingerprint density at radius 2 is 1.93 bits per heavy atom. The highest BCUT2D eigenvalue weighted by molar-refractivity contribution is 9.10. The number of aromatic nitrogens is 3. The number of aryl methyl sites for hydroxylation is 1. The lowest BCUT2D eigenvalue weighted by Crippen LogP contribution is -2.15. The first-order chi connectivity index (χ1) is 13.9. The Morgan fingerprint density at radius 3 is 2.66 bits per heavy atom. The fourth-order valence-electron chi connectivity index (χ4n) is 2.45. The van der Waals surface area contributed by atoms with Crippen molar-refractivity contribution in [2.75, 3.05) is 11.1 Å². The zero-order chi connectivity index (χ0) is 20.8. The minimum Gasteiger partial charge on any atom is -0.323 e. The van der Waals surface area contributed by atoms with E-state index >= 15 is 0 Å². The van der Waals surface area contributed by atoms with Crippen molar-refractivity contribution in [3.8, 4) is 0 Å². The van der Waals surface area contributed by atoms with Gasteiger partial charge in [0.25, 0.3) is 0 Å². The van der Waals surface area contributed by atoms with E-state index in [1.54, 1.807) is 17.8 Å².